The summed E-state index contributed by atoms with van der Waals surface area (Å²) in [5.41, 5.74) is -0.596. The Morgan fingerprint density at radius 3 is 2.24 bits per heavy atom. The molecule has 0 radical (unpaired) electrons. The van der Waals surface area contributed by atoms with E-state index in [0.29, 0.717) is 0 Å². The SMILES string of the molecule is CS(=O)(=O)CCCC(=O)c1c(F)cccc1F. The molecular formula is C11H12F2O3S. The zero-order valence-electron chi connectivity index (χ0n) is 9.24. The third kappa shape index (κ3) is 4.22. The van der Waals surface area contributed by atoms with Crippen molar-refractivity contribution in [1.29, 1.82) is 0 Å². The molecule has 0 saturated heterocycles. The highest BCUT2D eigenvalue weighted by Gasteiger charge is 2.17. The molecule has 0 N–H and O–H groups in total. The lowest BCUT2D eigenvalue weighted by Crippen LogP contribution is -2.09. The second-order valence-electron chi connectivity index (χ2n) is 3.75. The third-order valence-corrected chi connectivity index (χ3v) is 3.19. The maximum absolute atomic E-state index is 13.2. The van der Waals surface area contributed by atoms with E-state index >= 15 is 0 Å². The summed E-state index contributed by atoms with van der Waals surface area (Å²) in [5, 5.41) is 0. The van der Waals surface area contributed by atoms with E-state index in [1.165, 1.54) is 0 Å². The van der Waals surface area contributed by atoms with Gasteiger partial charge in [0.05, 0.1) is 11.3 Å². The van der Waals surface area contributed by atoms with Crippen LogP contribution in [0.25, 0.3) is 0 Å². The second kappa shape index (κ2) is 5.35. The Morgan fingerprint density at radius 2 is 1.76 bits per heavy atom. The smallest absolute Gasteiger partial charge is 0.168 e. The summed E-state index contributed by atoms with van der Waals surface area (Å²) in [6.45, 7) is 0. The van der Waals surface area contributed by atoms with E-state index in [0.717, 1.165) is 24.5 Å². The summed E-state index contributed by atoms with van der Waals surface area (Å²) in [6.07, 6.45) is 0.914. The van der Waals surface area contributed by atoms with Crippen molar-refractivity contribution < 1.29 is 22.0 Å². The van der Waals surface area contributed by atoms with Crippen molar-refractivity contribution in [2.24, 2.45) is 0 Å². The molecule has 0 atom stereocenters. The predicted molar refractivity (Wildman–Crippen MR) is 59.6 cm³/mol. The minimum atomic E-state index is -3.16. The molecule has 1 rings (SSSR count). The van der Waals surface area contributed by atoms with Crippen LogP contribution in [0.3, 0.4) is 0 Å². The van der Waals surface area contributed by atoms with Gasteiger partial charge in [-0.05, 0) is 18.6 Å². The monoisotopic (exact) mass is 262 g/mol. The number of hydrogen-bond acceptors (Lipinski definition) is 3. The lowest BCUT2D eigenvalue weighted by atomic mass is 10.1. The lowest BCUT2D eigenvalue weighted by Gasteiger charge is -2.03. The molecule has 0 unspecified atom stereocenters. The van der Waals surface area contributed by atoms with Gasteiger partial charge in [-0.15, -0.1) is 0 Å². The first-order chi connectivity index (χ1) is 7.81. The second-order valence-corrected chi connectivity index (χ2v) is 6.01. The van der Waals surface area contributed by atoms with E-state index in [9.17, 15) is 22.0 Å². The predicted octanol–water partition coefficient (Wildman–Crippen LogP) is 1.97. The van der Waals surface area contributed by atoms with Crippen LogP contribution in [0, 0.1) is 11.6 Å². The molecule has 0 fully saturated rings. The van der Waals surface area contributed by atoms with Crippen LogP contribution in [0.5, 0.6) is 0 Å². The molecule has 1 aromatic carbocycles. The average molecular weight is 262 g/mol. The van der Waals surface area contributed by atoms with Gasteiger partial charge in [0.1, 0.15) is 21.5 Å². The van der Waals surface area contributed by atoms with Gasteiger partial charge >= 0.3 is 0 Å². The van der Waals surface area contributed by atoms with Crippen LogP contribution in [0.2, 0.25) is 0 Å². The van der Waals surface area contributed by atoms with Gasteiger partial charge in [0.25, 0.3) is 0 Å². The van der Waals surface area contributed by atoms with Gasteiger partial charge in [0.15, 0.2) is 5.78 Å². The molecule has 0 bridgehead atoms. The molecule has 0 amide bonds. The molecule has 1 aromatic rings. The van der Waals surface area contributed by atoms with Crippen LogP contribution in [0.15, 0.2) is 18.2 Å². The molecule has 0 aliphatic carbocycles. The minimum Gasteiger partial charge on any atom is -0.294 e. The first kappa shape index (κ1) is 13.8. The van der Waals surface area contributed by atoms with Gasteiger partial charge in [-0.1, -0.05) is 6.07 Å². The summed E-state index contributed by atoms with van der Waals surface area (Å²) in [7, 11) is -3.16. The molecule has 17 heavy (non-hydrogen) atoms. The Morgan fingerprint density at radius 1 is 1.24 bits per heavy atom. The van der Waals surface area contributed by atoms with Crippen LogP contribution < -0.4 is 0 Å². The number of Topliss-reactive ketones (excluding diaryl/α,β-unsaturated/α-hetero) is 1. The van der Waals surface area contributed by atoms with Gasteiger partial charge in [0, 0.05) is 12.7 Å². The largest absolute Gasteiger partial charge is 0.294 e. The van der Waals surface area contributed by atoms with Crippen LogP contribution in [0.4, 0.5) is 8.78 Å². The first-order valence-electron chi connectivity index (χ1n) is 4.96. The zero-order valence-corrected chi connectivity index (χ0v) is 10.1. The van der Waals surface area contributed by atoms with Gasteiger partial charge < -0.3 is 0 Å². The summed E-state index contributed by atoms with van der Waals surface area (Å²) in [6, 6.07) is 3.15. The number of halogens is 2. The quantitative estimate of drug-likeness (QED) is 0.762. The van der Waals surface area contributed by atoms with Gasteiger partial charge in [-0.2, -0.15) is 0 Å². The van der Waals surface area contributed by atoms with Crippen LogP contribution in [-0.2, 0) is 9.84 Å². The molecule has 0 aliphatic heterocycles. The molecule has 94 valence electrons. The van der Waals surface area contributed by atoms with Gasteiger partial charge in [-0.25, -0.2) is 17.2 Å². The Hall–Kier alpha value is -1.30. The number of rotatable bonds is 5. The normalized spacial score (nSPS) is 11.5. The third-order valence-electron chi connectivity index (χ3n) is 2.16. The topological polar surface area (TPSA) is 51.2 Å². The van der Waals surface area contributed by atoms with E-state index in [2.05, 4.69) is 0 Å². The maximum atomic E-state index is 13.2. The Kier molecular flexibility index (Phi) is 4.34. The fraction of sp³-hybridized carbons (Fsp3) is 0.364. The molecule has 0 saturated carbocycles. The highest BCUT2D eigenvalue weighted by molar-refractivity contribution is 7.90. The molecule has 6 heteroatoms. The minimum absolute atomic E-state index is 0.0610. The summed E-state index contributed by atoms with van der Waals surface area (Å²) in [5.74, 6) is -2.73. The van der Waals surface area contributed by atoms with Crippen LogP contribution >= 0.6 is 0 Å². The van der Waals surface area contributed by atoms with E-state index < -0.39 is 32.8 Å². The standard InChI is InChI=1S/C11H12F2O3S/c1-17(15,16)7-3-6-10(14)11-8(12)4-2-5-9(11)13/h2,4-5H,3,6-7H2,1H3. The molecular weight excluding hydrogens is 250 g/mol. The zero-order chi connectivity index (χ0) is 13.1. The van der Waals surface area contributed by atoms with Crippen molar-refractivity contribution >= 4 is 15.6 Å². The average Bonchev–Trinajstić information content (AvgIpc) is 2.15. The van der Waals surface area contributed by atoms with Gasteiger partial charge in [-0.3, -0.25) is 4.79 Å². The summed E-state index contributed by atoms with van der Waals surface area (Å²) < 4.78 is 48.0. The number of carbonyl (C=O) groups is 1. The number of hydrogen-bond donors (Lipinski definition) is 0. The maximum Gasteiger partial charge on any atom is 0.168 e. The molecule has 0 spiro atoms. The van der Waals surface area contributed by atoms with Gasteiger partial charge in [0.2, 0.25) is 0 Å². The Bertz CT molecular complexity index is 503. The highest BCUT2D eigenvalue weighted by Crippen LogP contribution is 2.15. The highest BCUT2D eigenvalue weighted by atomic mass is 32.2. The van der Waals surface area contributed by atoms with Crippen molar-refractivity contribution in [3.63, 3.8) is 0 Å². The number of carbonyl (C=O) groups excluding carboxylic acids is 1. The fourth-order valence-electron chi connectivity index (χ4n) is 1.38. The number of ketones is 1. The molecule has 3 nitrogen and oxygen atoms in total. The van der Waals surface area contributed by atoms with Crippen molar-refractivity contribution in [2.75, 3.05) is 12.0 Å². The molecule has 0 aliphatic rings. The summed E-state index contributed by atoms with van der Waals surface area (Å²) >= 11 is 0. The van der Waals surface area contributed by atoms with Crippen molar-refractivity contribution in [3.8, 4) is 0 Å². The number of benzene rings is 1. The fourth-order valence-corrected chi connectivity index (χ4v) is 2.05. The van der Waals surface area contributed by atoms with Crippen LogP contribution in [0.1, 0.15) is 23.2 Å². The van der Waals surface area contributed by atoms with Crippen molar-refractivity contribution in [2.45, 2.75) is 12.8 Å². The Balaban J connectivity index is 2.71. The van der Waals surface area contributed by atoms with E-state index in [4.69, 9.17) is 0 Å². The van der Waals surface area contributed by atoms with Crippen molar-refractivity contribution in [3.05, 3.63) is 35.4 Å². The first-order valence-corrected chi connectivity index (χ1v) is 7.02. The molecule has 0 aromatic heterocycles. The van der Waals surface area contributed by atoms with E-state index in [-0.39, 0.29) is 18.6 Å². The summed E-state index contributed by atoms with van der Waals surface area (Å²) in [4.78, 5) is 11.5. The van der Waals surface area contributed by atoms with Crippen LogP contribution in [-0.4, -0.2) is 26.2 Å². The Labute approximate surface area is 98.4 Å². The van der Waals surface area contributed by atoms with E-state index in [1.54, 1.807) is 0 Å². The number of sulfone groups is 1. The molecule has 0 heterocycles. The van der Waals surface area contributed by atoms with E-state index in [1.807, 2.05) is 0 Å². The van der Waals surface area contributed by atoms with Crippen molar-refractivity contribution in [1.82, 2.24) is 0 Å². The lowest BCUT2D eigenvalue weighted by molar-refractivity contribution is 0.0974.